The number of carbonyl (C=O) groups excluding carboxylic acids is 1. The van der Waals surface area contributed by atoms with Gasteiger partial charge in [0.25, 0.3) is 0 Å². The number of rotatable bonds is 4. The van der Waals surface area contributed by atoms with Gasteiger partial charge in [0, 0.05) is 16.7 Å². The number of Topliss-reactive ketones (excluding diaryl/α,β-unsaturated/α-hetero) is 1. The molecule has 21 heavy (non-hydrogen) atoms. The molecule has 2 aromatic carbocycles. The van der Waals surface area contributed by atoms with E-state index in [0.29, 0.717) is 5.56 Å². The van der Waals surface area contributed by atoms with Crippen LogP contribution in [0.15, 0.2) is 47.8 Å². The molecule has 0 atom stereocenters. The molecular weight excluding hydrogens is 287 g/mol. The number of ether oxygens (including phenoxy) is 1. The van der Waals surface area contributed by atoms with Gasteiger partial charge in [-0.1, -0.05) is 18.2 Å². The topological polar surface area (TPSA) is 26.3 Å². The summed E-state index contributed by atoms with van der Waals surface area (Å²) < 4.78 is 19.7. The summed E-state index contributed by atoms with van der Waals surface area (Å²) in [6.07, 6.45) is 0.274. The van der Waals surface area contributed by atoms with Crippen LogP contribution in [-0.4, -0.2) is 12.9 Å². The van der Waals surface area contributed by atoms with Gasteiger partial charge in [0.15, 0.2) is 17.3 Å². The smallest absolute Gasteiger partial charge is 0.167 e. The number of carbonyl (C=O) groups is 1. The van der Waals surface area contributed by atoms with Gasteiger partial charge in [-0.25, -0.2) is 4.39 Å². The second-order valence-corrected chi connectivity index (χ2v) is 5.62. The lowest BCUT2D eigenvalue weighted by Crippen LogP contribution is -2.04. The first-order valence-electron chi connectivity index (χ1n) is 6.51. The van der Waals surface area contributed by atoms with Crippen LogP contribution in [0.2, 0.25) is 0 Å². The number of halogens is 1. The molecule has 4 heteroatoms. The standard InChI is InChI=1S/C17H13FO2S/c1-20-16-7-6-11(8-14(16)18)15(19)9-12-10-21-17-5-3-2-4-13(12)17/h2-8,10H,9H2,1H3. The van der Waals surface area contributed by atoms with Gasteiger partial charge in [0.2, 0.25) is 0 Å². The van der Waals surface area contributed by atoms with E-state index in [2.05, 4.69) is 0 Å². The Morgan fingerprint density at radius 3 is 2.81 bits per heavy atom. The number of fused-ring (bicyclic) bond motifs is 1. The molecule has 1 aromatic heterocycles. The van der Waals surface area contributed by atoms with Crippen molar-refractivity contribution in [1.29, 1.82) is 0 Å². The first-order valence-corrected chi connectivity index (χ1v) is 7.39. The van der Waals surface area contributed by atoms with Gasteiger partial charge in [0.1, 0.15) is 0 Å². The van der Waals surface area contributed by atoms with E-state index in [1.54, 1.807) is 17.4 Å². The molecule has 0 N–H and O–H groups in total. The molecule has 3 aromatic rings. The van der Waals surface area contributed by atoms with Crippen molar-refractivity contribution >= 4 is 27.2 Å². The van der Waals surface area contributed by atoms with E-state index in [4.69, 9.17) is 4.74 Å². The minimum atomic E-state index is -0.515. The van der Waals surface area contributed by atoms with Gasteiger partial charge >= 0.3 is 0 Å². The molecule has 0 aliphatic rings. The van der Waals surface area contributed by atoms with Crippen LogP contribution in [0.3, 0.4) is 0 Å². The molecule has 0 amide bonds. The third-order valence-corrected chi connectivity index (χ3v) is 4.40. The van der Waals surface area contributed by atoms with Crippen molar-refractivity contribution in [3.8, 4) is 5.75 Å². The Balaban J connectivity index is 1.88. The maximum absolute atomic E-state index is 13.7. The highest BCUT2D eigenvalue weighted by molar-refractivity contribution is 7.17. The molecule has 2 nitrogen and oxygen atoms in total. The van der Waals surface area contributed by atoms with Crippen molar-refractivity contribution in [1.82, 2.24) is 0 Å². The number of ketones is 1. The third kappa shape index (κ3) is 2.67. The summed E-state index contributed by atoms with van der Waals surface area (Å²) in [7, 11) is 1.40. The van der Waals surface area contributed by atoms with Crippen molar-refractivity contribution in [2.24, 2.45) is 0 Å². The molecule has 0 spiro atoms. The zero-order valence-electron chi connectivity index (χ0n) is 11.4. The highest BCUT2D eigenvalue weighted by atomic mass is 32.1. The third-order valence-electron chi connectivity index (χ3n) is 3.39. The fraction of sp³-hybridized carbons (Fsp3) is 0.118. The van der Waals surface area contributed by atoms with E-state index in [0.717, 1.165) is 15.6 Å². The van der Waals surface area contributed by atoms with Gasteiger partial charge in [-0.3, -0.25) is 4.79 Å². The lowest BCUT2D eigenvalue weighted by atomic mass is 10.0. The van der Waals surface area contributed by atoms with Crippen LogP contribution in [0.4, 0.5) is 4.39 Å². The van der Waals surface area contributed by atoms with Crippen molar-refractivity contribution < 1.29 is 13.9 Å². The Bertz CT molecular complexity index is 807. The second kappa shape index (κ2) is 5.66. The van der Waals surface area contributed by atoms with Gasteiger partial charge in [-0.2, -0.15) is 0 Å². The molecule has 0 saturated carbocycles. The van der Waals surface area contributed by atoms with E-state index < -0.39 is 5.82 Å². The first kappa shape index (κ1) is 13.8. The lowest BCUT2D eigenvalue weighted by Gasteiger charge is -2.04. The summed E-state index contributed by atoms with van der Waals surface area (Å²) in [6, 6.07) is 12.3. The summed E-state index contributed by atoms with van der Waals surface area (Å²) in [5.74, 6) is -0.467. The van der Waals surface area contributed by atoms with E-state index in [9.17, 15) is 9.18 Å². The van der Waals surface area contributed by atoms with Crippen molar-refractivity contribution in [2.45, 2.75) is 6.42 Å². The highest BCUT2D eigenvalue weighted by Crippen LogP contribution is 2.27. The number of hydrogen-bond acceptors (Lipinski definition) is 3. The number of methoxy groups -OCH3 is 1. The average molecular weight is 300 g/mol. The van der Waals surface area contributed by atoms with Gasteiger partial charge in [-0.05, 0) is 40.6 Å². The molecule has 1 heterocycles. The lowest BCUT2D eigenvalue weighted by molar-refractivity contribution is 0.0993. The first-order chi connectivity index (χ1) is 10.2. The number of benzene rings is 2. The Kier molecular flexibility index (Phi) is 3.71. The van der Waals surface area contributed by atoms with Crippen LogP contribution in [0.5, 0.6) is 5.75 Å². The molecular formula is C17H13FO2S. The zero-order chi connectivity index (χ0) is 14.8. The summed E-state index contributed by atoms with van der Waals surface area (Å²) in [5.41, 5.74) is 1.35. The Morgan fingerprint density at radius 2 is 2.05 bits per heavy atom. The predicted molar refractivity (Wildman–Crippen MR) is 82.8 cm³/mol. The van der Waals surface area contributed by atoms with E-state index in [1.807, 2.05) is 29.6 Å². The zero-order valence-corrected chi connectivity index (χ0v) is 12.2. The molecule has 106 valence electrons. The van der Waals surface area contributed by atoms with Crippen LogP contribution in [0, 0.1) is 5.82 Å². The summed E-state index contributed by atoms with van der Waals surface area (Å²) >= 11 is 1.61. The van der Waals surface area contributed by atoms with Crippen molar-refractivity contribution in [2.75, 3.05) is 7.11 Å². The molecule has 0 bridgehead atoms. The van der Waals surface area contributed by atoms with Crippen LogP contribution < -0.4 is 4.74 Å². The van der Waals surface area contributed by atoms with Gasteiger partial charge in [-0.15, -0.1) is 11.3 Å². The Morgan fingerprint density at radius 1 is 1.24 bits per heavy atom. The molecule has 0 aliphatic heterocycles. The van der Waals surface area contributed by atoms with Crippen LogP contribution in [0.1, 0.15) is 15.9 Å². The van der Waals surface area contributed by atoms with E-state index in [1.165, 1.54) is 19.2 Å². The largest absolute Gasteiger partial charge is 0.494 e. The monoisotopic (exact) mass is 300 g/mol. The van der Waals surface area contributed by atoms with Crippen LogP contribution in [-0.2, 0) is 6.42 Å². The molecule has 0 fully saturated rings. The summed E-state index contributed by atoms with van der Waals surface area (Å²) in [4.78, 5) is 12.3. The summed E-state index contributed by atoms with van der Waals surface area (Å²) in [5, 5.41) is 3.08. The van der Waals surface area contributed by atoms with E-state index in [-0.39, 0.29) is 18.0 Å². The summed E-state index contributed by atoms with van der Waals surface area (Å²) in [6.45, 7) is 0. The fourth-order valence-corrected chi connectivity index (χ4v) is 3.25. The molecule has 0 saturated heterocycles. The van der Waals surface area contributed by atoms with Crippen molar-refractivity contribution in [3.05, 3.63) is 64.8 Å². The van der Waals surface area contributed by atoms with Gasteiger partial charge < -0.3 is 4.74 Å². The quantitative estimate of drug-likeness (QED) is 0.664. The minimum Gasteiger partial charge on any atom is -0.494 e. The number of thiophene rings is 1. The van der Waals surface area contributed by atoms with E-state index >= 15 is 0 Å². The minimum absolute atomic E-state index is 0.0971. The molecule has 3 rings (SSSR count). The van der Waals surface area contributed by atoms with Crippen LogP contribution >= 0.6 is 11.3 Å². The molecule has 0 unspecified atom stereocenters. The SMILES string of the molecule is COc1ccc(C(=O)Cc2csc3ccccc23)cc1F. The molecule has 0 aliphatic carbocycles. The molecule has 0 radical (unpaired) electrons. The predicted octanol–water partition coefficient (Wildman–Crippen LogP) is 4.47. The maximum Gasteiger partial charge on any atom is 0.167 e. The average Bonchev–Trinajstić information content (AvgIpc) is 2.90. The Hall–Kier alpha value is -2.20. The van der Waals surface area contributed by atoms with Crippen molar-refractivity contribution in [3.63, 3.8) is 0 Å². The maximum atomic E-state index is 13.7. The normalized spacial score (nSPS) is 10.8. The van der Waals surface area contributed by atoms with Gasteiger partial charge in [0.05, 0.1) is 7.11 Å². The second-order valence-electron chi connectivity index (χ2n) is 4.71. The highest BCUT2D eigenvalue weighted by Gasteiger charge is 2.13. The fourth-order valence-electron chi connectivity index (χ4n) is 2.28. The number of hydrogen-bond donors (Lipinski definition) is 0. The van der Waals surface area contributed by atoms with Crippen LogP contribution in [0.25, 0.3) is 10.1 Å². The Labute approximate surface area is 125 Å².